The highest BCUT2D eigenvalue weighted by Crippen LogP contribution is 2.18. The molecule has 0 saturated carbocycles. The van der Waals surface area contributed by atoms with E-state index in [4.69, 9.17) is 0 Å². The van der Waals surface area contributed by atoms with Crippen molar-refractivity contribution >= 4 is 11.6 Å². The van der Waals surface area contributed by atoms with Crippen LogP contribution < -0.4 is 0 Å². The summed E-state index contributed by atoms with van der Waals surface area (Å²) < 4.78 is 39.0. The Bertz CT molecular complexity index is 717. The normalized spacial score (nSPS) is 17.0. The summed E-state index contributed by atoms with van der Waals surface area (Å²) in [6.45, 7) is 1.99. The highest BCUT2D eigenvalue weighted by atomic mass is 19.4. The Morgan fingerprint density at radius 2 is 1.91 bits per heavy atom. The van der Waals surface area contributed by atoms with Crippen LogP contribution in [0.1, 0.15) is 16.2 Å². The number of hydrogen-bond acceptors (Lipinski definition) is 3. The Morgan fingerprint density at radius 1 is 1.22 bits per heavy atom. The van der Waals surface area contributed by atoms with E-state index in [1.807, 2.05) is 29.5 Å². The standard InChI is InChI=1S/C15H17F3N4O/c1-11-3-2-4-13-19-12(9-22(11)13)14(23)21-7-5-20(6-8-21)10-15(16,17)18/h2-4,9H,5-8,10H2,1H3. The minimum Gasteiger partial charge on any atom is -0.335 e. The molecule has 0 radical (unpaired) electrons. The highest BCUT2D eigenvalue weighted by molar-refractivity contribution is 5.93. The van der Waals surface area contributed by atoms with Gasteiger partial charge in [-0.2, -0.15) is 13.2 Å². The van der Waals surface area contributed by atoms with E-state index >= 15 is 0 Å². The molecule has 0 atom stereocenters. The molecule has 1 aliphatic rings. The number of piperazine rings is 1. The van der Waals surface area contributed by atoms with Crippen molar-refractivity contribution in [3.63, 3.8) is 0 Å². The summed E-state index contributed by atoms with van der Waals surface area (Å²) in [4.78, 5) is 19.7. The van der Waals surface area contributed by atoms with Crippen molar-refractivity contribution < 1.29 is 18.0 Å². The molecule has 0 aliphatic carbocycles. The fraction of sp³-hybridized carbons (Fsp3) is 0.467. The molecule has 0 aromatic carbocycles. The Hall–Kier alpha value is -2.09. The first-order valence-electron chi connectivity index (χ1n) is 7.36. The number of pyridine rings is 1. The van der Waals surface area contributed by atoms with E-state index < -0.39 is 12.7 Å². The topological polar surface area (TPSA) is 40.9 Å². The largest absolute Gasteiger partial charge is 0.401 e. The van der Waals surface area contributed by atoms with Crippen LogP contribution in [0.15, 0.2) is 24.4 Å². The van der Waals surface area contributed by atoms with Gasteiger partial charge >= 0.3 is 6.18 Å². The van der Waals surface area contributed by atoms with E-state index in [-0.39, 0.29) is 32.1 Å². The zero-order valence-corrected chi connectivity index (χ0v) is 12.7. The fourth-order valence-electron chi connectivity index (χ4n) is 2.78. The zero-order valence-electron chi connectivity index (χ0n) is 12.7. The predicted molar refractivity (Wildman–Crippen MR) is 78.3 cm³/mol. The molecule has 2 aromatic heterocycles. The number of aromatic nitrogens is 2. The van der Waals surface area contributed by atoms with Crippen molar-refractivity contribution in [2.75, 3.05) is 32.7 Å². The number of amides is 1. The van der Waals surface area contributed by atoms with Gasteiger partial charge in [-0.05, 0) is 19.1 Å². The fourth-order valence-corrected chi connectivity index (χ4v) is 2.78. The second kappa shape index (κ2) is 5.84. The summed E-state index contributed by atoms with van der Waals surface area (Å²) in [5, 5.41) is 0. The van der Waals surface area contributed by atoms with Gasteiger partial charge in [-0.3, -0.25) is 9.69 Å². The van der Waals surface area contributed by atoms with Crippen LogP contribution in [0.2, 0.25) is 0 Å². The third kappa shape index (κ3) is 3.47. The van der Waals surface area contributed by atoms with Crippen molar-refractivity contribution in [2.24, 2.45) is 0 Å². The van der Waals surface area contributed by atoms with E-state index in [9.17, 15) is 18.0 Å². The second-order valence-corrected chi connectivity index (χ2v) is 5.71. The minimum absolute atomic E-state index is 0.220. The van der Waals surface area contributed by atoms with Gasteiger partial charge in [-0.15, -0.1) is 0 Å². The average Bonchev–Trinajstić information content (AvgIpc) is 2.91. The number of carbonyl (C=O) groups excluding carboxylic acids is 1. The van der Waals surface area contributed by atoms with Crippen LogP contribution in [0.25, 0.3) is 5.65 Å². The first-order valence-corrected chi connectivity index (χ1v) is 7.36. The molecule has 0 spiro atoms. The number of aryl methyl sites for hydroxylation is 1. The van der Waals surface area contributed by atoms with Gasteiger partial charge in [0.2, 0.25) is 0 Å². The first-order chi connectivity index (χ1) is 10.8. The Morgan fingerprint density at radius 3 is 2.52 bits per heavy atom. The SMILES string of the molecule is Cc1cccc2nc(C(=O)N3CCN(CC(F)(F)F)CC3)cn12. The summed E-state index contributed by atoms with van der Waals surface area (Å²) >= 11 is 0. The molecule has 5 nitrogen and oxygen atoms in total. The number of hydrogen-bond donors (Lipinski definition) is 0. The van der Waals surface area contributed by atoms with Crippen LogP contribution >= 0.6 is 0 Å². The number of nitrogens with zero attached hydrogens (tertiary/aromatic N) is 4. The lowest BCUT2D eigenvalue weighted by Gasteiger charge is -2.34. The molecule has 3 rings (SSSR count). The van der Waals surface area contributed by atoms with Crippen molar-refractivity contribution in [3.05, 3.63) is 35.8 Å². The third-order valence-electron chi connectivity index (χ3n) is 3.98. The van der Waals surface area contributed by atoms with Crippen LogP contribution in [-0.2, 0) is 0 Å². The monoisotopic (exact) mass is 326 g/mol. The smallest absolute Gasteiger partial charge is 0.335 e. The predicted octanol–water partition coefficient (Wildman–Crippen LogP) is 1.96. The molecule has 3 heterocycles. The van der Waals surface area contributed by atoms with E-state index in [1.54, 1.807) is 11.1 Å². The quantitative estimate of drug-likeness (QED) is 0.847. The Labute approximate surface area is 131 Å². The maximum Gasteiger partial charge on any atom is 0.401 e. The molecule has 0 bridgehead atoms. The van der Waals surface area contributed by atoms with Crippen molar-refractivity contribution in [1.82, 2.24) is 19.2 Å². The number of rotatable bonds is 2. The summed E-state index contributed by atoms with van der Waals surface area (Å²) in [5.74, 6) is -0.236. The lowest BCUT2D eigenvalue weighted by molar-refractivity contribution is -0.148. The number of carbonyl (C=O) groups is 1. The number of halogens is 3. The molecule has 1 amide bonds. The zero-order chi connectivity index (χ0) is 16.6. The van der Waals surface area contributed by atoms with Gasteiger partial charge in [0, 0.05) is 38.1 Å². The third-order valence-corrected chi connectivity index (χ3v) is 3.98. The van der Waals surface area contributed by atoms with E-state index in [2.05, 4.69) is 4.98 Å². The molecule has 1 saturated heterocycles. The van der Waals surface area contributed by atoms with Gasteiger partial charge in [0.15, 0.2) is 0 Å². The van der Waals surface area contributed by atoms with Crippen LogP contribution in [0.4, 0.5) is 13.2 Å². The van der Waals surface area contributed by atoms with Crippen LogP contribution in [0.5, 0.6) is 0 Å². The molecule has 2 aromatic rings. The van der Waals surface area contributed by atoms with E-state index in [0.29, 0.717) is 11.3 Å². The molecule has 0 N–H and O–H groups in total. The molecule has 124 valence electrons. The van der Waals surface area contributed by atoms with Crippen LogP contribution in [-0.4, -0.2) is 64.0 Å². The van der Waals surface area contributed by atoms with Gasteiger partial charge in [-0.1, -0.05) is 6.07 Å². The van der Waals surface area contributed by atoms with Crippen molar-refractivity contribution in [2.45, 2.75) is 13.1 Å². The van der Waals surface area contributed by atoms with Gasteiger partial charge < -0.3 is 9.30 Å². The van der Waals surface area contributed by atoms with Crippen molar-refractivity contribution in [1.29, 1.82) is 0 Å². The molecular formula is C15H17F3N4O. The summed E-state index contributed by atoms with van der Waals surface area (Å²) in [6.07, 6.45) is -2.53. The Balaban J connectivity index is 1.68. The molecule has 1 fully saturated rings. The maximum absolute atomic E-state index is 12.5. The summed E-state index contributed by atoms with van der Waals surface area (Å²) in [7, 11) is 0. The summed E-state index contributed by atoms with van der Waals surface area (Å²) in [5.41, 5.74) is 1.97. The number of alkyl halides is 3. The van der Waals surface area contributed by atoms with Gasteiger partial charge in [0.05, 0.1) is 6.54 Å². The maximum atomic E-state index is 12.5. The minimum atomic E-state index is -4.20. The van der Waals surface area contributed by atoms with E-state index in [1.165, 1.54) is 4.90 Å². The Kier molecular flexibility index (Phi) is 4.01. The second-order valence-electron chi connectivity index (χ2n) is 5.71. The molecule has 1 aliphatic heterocycles. The molecule has 8 heteroatoms. The van der Waals surface area contributed by atoms with Gasteiger partial charge in [0.1, 0.15) is 11.3 Å². The van der Waals surface area contributed by atoms with Gasteiger partial charge in [0.25, 0.3) is 5.91 Å². The lowest BCUT2D eigenvalue weighted by atomic mass is 10.3. The first kappa shape index (κ1) is 15.8. The number of fused-ring (bicyclic) bond motifs is 1. The van der Waals surface area contributed by atoms with Crippen molar-refractivity contribution in [3.8, 4) is 0 Å². The molecule has 23 heavy (non-hydrogen) atoms. The summed E-state index contributed by atoms with van der Waals surface area (Å²) in [6, 6.07) is 5.59. The molecular weight excluding hydrogens is 309 g/mol. The van der Waals surface area contributed by atoms with E-state index in [0.717, 1.165) is 5.69 Å². The average molecular weight is 326 g/mol. The van der Waals surface area contributed by atoms with Crippen LogP contribution in [0, 0.1) is 6.92 Å². The lowest BCUT2D eigenvalue weighted by Crippen LogP contribution is -2.51. The van der Waals surface area contributed by atoms with Crippen LogP contribution in [0.3, 0.4) is 0 Å². The molecule has 0 unspecified atom stereocenters. The van der Waals surface area contributed by atoms with Gasteiger partial charge in [-0.25, -0.2) is 4.98 Å². The number of imidazole rings is 1. The highest BCUT2D eigenvalue weighted by Gasteiger charge is 2.33.